The Morgan fingerprint density at radius 2 is 1.94 bits per heavy atom. The molecule has 0 bridgehead atoms. The van der Waals surface area contributed by atoms with E-state index in [2.05, 4.69) is 13.0 Å². The average molecular weight is 252 g/mol. The Morgan fingerprint density at radius 3 is 2.50 bits per heavy atom. The van der Waals surface area contributed by atoms with E-state index in [0.717, 1.165) is 18.4 Å². The standard InChI is InChI=1S/C14H24N2O2/c1-2-3-4-5-6-10-9-11(13(15)17)7-8-12(10)14(16)18/h6,11-12H,2-5,7-9H2,1H3,(H2,15,17)(H2,16,18). The van der Waals surface area contributed by atoms with Crippen molar-refractivity contribution in [1.29, 1.82) is 0 Å². The second kappa shape index (κ2) is 7.19. The largest absolute Gasteiger partial charge is 0.369 e. The van der Waals surface area contributed by atoms with Gasteiger partial charge in [0.2, 0.25) is 11.8 Å². The van der Waals surface area contributed by atoms with Crippen molar-refractivity contribution in [3.8, 4) is 0 Å². The number of hydrogen-bond acceptors (Lipinski definition) is 2. The van der Waals surface area contributed by atoms with Crippen molar-refractivity contribution in [2.24, 2.45) is 23.3 Å². The smallest absolute Gasteiger partial charge is 0.224 e. The second-order valence-corrected chi connectivity index (χ2v) is 5.11. The van der Waals surface area contributed by atoms with Gasteiger partial charge in [0.1, 0.15) is 0 Å². The van der Waals surface area contributed by atoms with Crippen LogP contribution in [-0.4, -0.2) is 11.8 Å². The molecule has 1 saturated carbocycles. The van der Waals surface area contributed by atoms with Gasteiger partial charge in [-0.1, -0.05) is 31.4 Å². The maximum absolute atomic E-state index is 11.4. The van der Waals surface area contributed by atoms with E-state index >= 15 is 0 Å². The van der Waals surface area contributed by atoms with Crippen LogP contribution in [0.15, 0.2) is 11.6 Å². The Kier molecular flexibility index (Phi) is 5.89. The van der Waals surface area contributed by atoms with Crippen LogP contribution in [0.3, 0.4) is 0 Å². The van der Waals surface area contributed by atoms with Gasteiger partial charge >= 0.3 is 0 Å². The summed E-state index contributed by atoms with van der Waals surface area (Å²) in [6, 6.07) is 0. The zero-order valence-corrected chi connectivity index (χ0v) is 11.2. The van der Waals surface area contributed by atoms with E-state index in [0.29, 0.717) is 19.3 Å². The van der Waals surface area contributed by atoms with Crippen LogP contribution in [0.2, 0.25) is 0 Å². The summed E-state index contributed by atoms with van der Waals surface area (Å²) in [5.74, 6) is -0.864. The Hall–Kier alpha value is -1.32. The van der Waals surface area contributed by atoms with Crippen LogP contribution in [0, 0.1) is 11.8 Å². The molecule has 2 unspecified atom stereocenters. The molecule has 18 heavy (non-hydrogen) atoms. The number of carbonyl (C=O) groups is 2. The summed E-state index contributed by atoms with van der Waals surface area (Å²) in [6.07, 6.45) is 8.47. The summed E-state index contributed by atoms with van der Waals surface area (Å²) in [6.45, 7) is 2.16. The molecule has 102 valence electrons. The molecule has 0 aromatic carbocycles. The molecule has 4 N–H and O–H groups in total. The lowest BCUT2D eigenvalue weighted by Crippen LogP contribution is -2.34. The fourth-order valence-corrected chi connectivity index (χ4v) is 2.56. The molecule has 1 fully saturated rings. The molecule has 4 nitrogen and oxygen atoms in total. The first-order chi connectivity index (χ1) is 8.56. The number of hydrogen-bond donors (Lipinski definition) is 2. The molecule has 0 radical (unpaired) electrons. The molecule has 0 heterocycles. The van der Waals surface area contributed by atoms with Gasteiger partial charge in [-0.15, -0.1) is 0 Å². The monoisotopic (exact) mass is 252 g/mol. The van der Waals surface area contributed by atoms with Crippen LogP contribution in [0.1, 0.15) is 51.9 Å². The molecule has 2 amide bonds. The van der Waals surface area contributed by atoms with Crippen LogP contribution in [0.4, 0.5) is 0 Å². The third-order valence-corrected chi connectivity index (χ3v) is 3.69. The molecule has 0 spiro atoms. The topological polar surface area (TPSA) is 86.2 Å². The summed E-state index contributed by atoms with van der Waals surface area (Å²) in [5, 5.41) is 0. The predicted molar refractivity (Wildman–Crippen MR) is 71.4 cm³/mol. The number of allylic oxidation sites excluding steroid dienone is 1. The molecule has 0 aliphatic heterocycles. The molecule has 0 aromatic rings. The third kappa shape index (κ3) is 4.17. The lowest BCUT2D eigenvalue weighted by atomic mass is 9.77. The van der Waals surface area contributed by atoms with Crippen LogP contribution >= 0.6 is 0 Å². The van der Waals surface area contributed by atoms with Crippen LogP contribution in [0.5, 0.6) is 0 Å². The Balaban J connectivity index is 2.65. The van der Waals surface area contributed by atoms with E-state index in [1.807, 2.05) is 0 Å². The van der Waals surface area contributed by atoms with E-state index in [-0.39, 0.29) is 23.7 Å². The quantitative estimate of drug-likeness (QED) is 0.558. The molecule has 1 aliphatic carbocycles. The van der Waals surface area contributed by atoms with Gasteiger partial charge in [-0.2, -0.15) is 0 Å². The fourth-order valence-electron chi connectivity index (χ4n) is 2.56. The molecule has 1 aliphatic rings. The Labute approximate surface area is 109 Å². The zero-order chi connectivity index (χ0) is 13.5. The first kappa shape index (κ1) is 14.7. The van der Waals surface area contributed by atoms with E-state index in [1.54, 1.807) is 0 Å². The fraction of sp³-hybridized carbons (Fsp3) is 0.714. The highest BCUT2D eigenvalue weighted by atomic mass is 16.1. The minimum atomic E-state index is -0.278. The lowest BCUT2D eigenvalue weighted by molar-refractivity contribution is -0.125. The summed E-state index contributed by atoms with van der Waals surface area (Å²) < 4.78 is 0. The van der Waals surface area contributed by atoms with Crippen LogP contribution < -0.4 is 11.5 Å². The Bertz CT molecular complexity index is 337. The van der Waals surface area contributed by atoms with Crippen molar-refractivity contribution in [2.45, 2.75) is 51.9 Å². The highest BCUT2D eigenvalue weighted by Crippen LogP contribution is 2.33. The number of carbonyl (C=O) groups excluding carboxylic acids is 2. The SMILES string of the molecule is CCCCCC=C1CC(C(N)=O)CCC1C(N)=O. The number of rotatable bonds is 6. The molecule has 0 aromatic heterocycles. The summed E-state index contributed by atoms with van der Waals surface area (Å²) in [5.41, 5.74) is 11.8. The minimum absolute atomic E-state index is 0.127. The van der Waals surface area contributed by atoms with E-state index < -0.39 is 0 Å². The molecule has 1 rings (SSSR count). The van der Waals surface area contributed by atoms with Crippen molar-refractivity contribution in [3.63, 3.8) is 0 Å². The van der Waals surface area contributed by atoms with E-state index in [9.17, 15) is 9.59 Å². The lowest BCUT2D eigenvalue weighted by Gasteiger charge is -2.28. The predicted octanol–water partition coefficient (Wildman–Crippen LogP) is 1.88. The van der Waals surface area contributed by atoms with Gasteiger partial charge in [0, 0.05) is 5.92 Å². The number of nitrogens with two attached hydrogens (primary N) is 2. The minimum Gasteiger partial charge on any atom is -0.369 e. The van der Waals surface area contributed by atoms with Gasteiger partial charge in [0.05, 0.1) is 5.92 Å². The second-order valence-electron chi connectivity index (χ2n) is 5.11. The van der Waals surface area contributed by atoms with Crippen LogP contribution in [-0.2, 0) is 9.59 Å². The average Bonchev–Trinajstić information content (AvgIpc) is 2.34. The van der Waals surface area contributed by atoms with Gasteiger partial charge < -0.3 is 11.5 Å². The highest BCUT2D eigenvalue weighted by Gasteiger charge is 2.31. The van der Waals surface area contributed by atoms with Crippen molar-refractivity contribution >= 4 is 11.8 Å². The molecule has 2 atom stereocenters. The maximum Gasteiger partial charge on any atom is 0.224 e. The highest BCUT2D eigenvalue weighted by molar-refractivity contribution is 5.82. The van der Waals surface area contributed by atoms with Crippen molar-refractivity contribution in [1.82, 2.24) is 0 Å². The summed E-state index contributed by atoms with van der Waals surface area (Å²) >= 11 is 0. The maximum atomic E-state index is 11.4. The van der Waals surface area contributed by atoms with E-state index in [1.165, 1.54) is 12.8 Å². The molecule has 4 heteroatoms. The van der Waals surface area contributed by atoms with Crippen molar-refractivity contribution < 1.29 is 9.59 Å². The molecule has 0 saturated heterocycles. The van der Waals surface area contributed by atoms with Gasteiger partial charge in [-0.3, -0.25) is 9.59 Å². The molecular formula is C14H24N2O2. The first-order valence-electron chi connectivity index (χ1n) is 6.83. The van der Waals surface area contributed by atoms with Crippen LogP contribution in [0.25, 0.3) is 0 Å². The summed E-state index contributed by atoms with van der Waals surface area (Å²) in [7, 11) is 0. The van der Waals surface area contributed by atoms with Gasteiger partial charge in [-0.25, -0.2) is 0 Å². The van der Waals surface area contributed by atoms with Gasteiger partial charge in [0.15, 0.2) is 0 Å². The molecular weight excluding hydrogens is 228 g/mol. The van der Waals surface area contributed by atoms with Crippen molar-refractivity contribution in [3.05, 3.63) is 11.6 Å². The number of amides is 2. The normalized spacial score (nSPS) is 26.2. The summed E-state index contributed by atoms with van der Waals surface area (Å²) in [4.78, 5) is 22.6. The van der Waals surface area contributed by atoms with Gasteiger partial charge in [0.25, 0.3) is 0 Å². The third-order valence-electron chi connectivity index (χ3n) is 3.69. The van der Waals surface area contributed by atoms with Crippen molar-refractivity contribution in [2.75, 3.05) is 0 Å². The first-order valence-corrected chi connectivity index (χ1v) is 6.83. The van der Waals surface area contributed by atoms with Gasteiger partial charge in [-0.05, 0) is 32.1 Å². The van der Waals surface area contributed by atoms with E-state index in [4.69, 9.17) is 11.5 Å². The Morgan fingerprint density at radius 1 is 1.22 bits per heavy atom. The zero-order valence-electron chi connectivity index (χ0n) is 11.2. The number of primary amides is 2. The number of unbranched alkanes of at least 4 members (excludes halogenated alkanes) is 3.